The Balaban J connectivity index is 2.06. The average molecular weight is 310 g/mol. The normalized spacial score (nSPS) is 14.0. The van der Waals surface area contributed by atoms with Gasteiger partial charge in [-0.3, -0.25) is 14.9 Å². The predicted octanol–water partition coefficient (Wildman–Crippen LogP) is 3.73. The minimum absolute atomic E-state index is 0.0524. The fourth-order valence-corrected chi connectivity index (χ4v) is 2.91. The summed E-state index contributed by atoms with van der Waals surface area (Å²) in [6.07, 6.45) is 2.16. The van der Waals surface area contributed by atoms with Crippen molar-refractivity contribution in [1.29, 1.82) is 0 Å². The van der Waals surface area contributed by atoms with Crippen LogP contribution in [0.25, 0.3) is 0 Å². The lowest BCUT2D eigenvalue weighted by Gasteiger charge is -2.20. The number of rotatable bonds is 4. The molecule has 0 spiro atoms. The predicted molar refractivity (Wildman–Crippen MR) is 89.2 cm³/mol. The van der Waals surface area contributed by atoms with Gasteiger partial charge in [0.05, 0.1) is 10.5 Å². The Bertz CT molecular complexity index is 747. The van der Waals surface area contributed by atoms with E-state index in [2.05, 4.69) is 4.90 Å². The second kappa shape index (κ2) is 6.20. The van der Waals surface area contributed by atoms with E-state index < -0.39 is 4.92 Å². The van der Waals surface area contributed by atoms with Gasteiger partial charge in [0, 0.05) is 36.5 Å². The molecule has 0 bridgehead atoms. The van der Waals surface area contributed by atoms with Gasteiger partial charge >= 0.3 is 0 Å². The van der Waals surface area contributed by atoms with Crippen LogP contribution in [0, 0.1) is 17.0 Å². The lowest BCUT2D eigenvalue weighted by atomic mass is 9.99. The molecule has 1 saturated heterocycles. The van der Waals surface area contributed by atoms with Crippen molar-refractivity contribution in [3.63, 3.8) is 0 Å². The molecule has 0 atom stereocenters. The first-order valence-corrected chi connectivity index (χ1v) is 7.71. The van der Waals surface area contributed by atoms with Gasteiger partial charge in [-0.15, -0.1) is 0 Å². The van der Waals surface area contributed by atoms with Crippen LogP contribution in [0.4, 0.5) is 11.4 Å². The van der Waals surface area contributed by atoms with Crippen molar-refractivity contribution in [3.8, 4) is 0 Å². The van der Waals surface area contributed by atoms with Gasteiger partial charge in [-0.25, -0.2) is 0 Å². The number of hydrogen-bond donors (Lipinski definition) is 0. The van der Waals surface area contributed by atoms with Crippen molar-refractivity contribution in [2.75, 3.05) is 18.0 Å². The van der Waals surface area contributed by atoms with Gasteiger partial charge in [0.15, 0.2) is 5.78 Å². The summed E-state index contributed by atoms with van der Waals surface area (Å²) >= 11 is 0. The highest BCUT2D eigenvalue weighted by Crippen LogP contribution is 2.30. The molecule has 3 rings (SSSR count). The highest BCUT2D eigenvalue weighted by molar-refractivity contribution is 6.12. The molecule has 1 fully saturated rings. The standard InChI is InChI=1S/C18H18N2O3/c1-13-4-6-14(7-5-13)18(21)16-12-15(20(22)23)8-9-17(16)19-10-2-3-11-19/h4-9,12H,2-3,10-11H2,1H3. The van der Waals surface area contributed by atoms with Crippen LogP contribution < -0.4 is 4.90 Å². The van der Waals surface area contributed by atoms with Crippen LogP contribution in [-0.4, -0.2) is 23.8 Å². The molecule has 0 saturated carbocycles. The van der Waals surface area contributed by atoms with Crippen LogP contribution in [0.2, 0.25) is 0 Å². The first-order chi connectivity index (χ1) is 11.1. The lowest BCUT2D eigenvalue weighted by Crippen LogP contribution is -2.21. The van der Waals surface area contributed by atoms with E-state index in [0.29, 0.717) is 11.1 Å². The van der Waals surface area contributed by atoms with Crippen molar-refractivity contribution in [1.82, 2.24) is 0 Å². The Hall–Kier alpha value is -2.69. The van der Waals surface area contributed by atoms with E-state index in [1.54, 1.807) is 18.2 Å². The lowest BCUT2D eigenvalue weighted by molar-refractivity contribution is -0.384. The molecule has 0 unspecified atom stereocenters. The third-order valence-electron chi connectivity index (χ3n) is 4.20. The molecule has 1 aliphatic rings. The molecule has 118 valence electrons. The Morgan fingerprint density at radius 1 is 1.09 bits per heavy atom. The number of nitro groups is 1. The maximum Gasteiger partial charge on any atom is 0.270 e. The Morgan fingerprint density at radius 3 is 2.35 bits per heavy atom. The zero-order valence-electron chi connectivity index (χ0n) is 13.0. The van der Waals surface area contributed by atoms with E-state index in [1.807, 2.05) is 19.1 Å². The Labute approximate surface area is 134 Å². The molecule has 0 aromatic heterocycles. The van der Waals surface area contributed by atoms with Crippen LogP contribution in [0.15, 0.2) is 42.5 Å². The topological polar surface area (TPSA) is 63.4 Å². The Kier molecular flexibility index (Phi) is 4.10. The molecule has 0 amide bonds. The molecule has 0 N–H and O–H groups in total. The average Bonchev–Trinajstić information content (AvgIpc) is 3.08. The molecule has 1 heterocycles. The first kappa shape index (κ1) is 15.2. The number of carbonyl (C=O) groups excluding carboxylic acids is 1. The van der Waals surface area contributed by atoms with Gasteiger partial charge in [0.1, 0.15) is 0 Å². The van der Waals surface area contributed by atoms with Crippen molar-refractivity contribution < 1.29 is 9.72 Å². The summed E-state index contributed by atoms with van der Waals surface area (Å²) in [5, 5.41) is 11.1. The number of nitro benzene ring substituents is 1. The fraction of sp³-hybridized carbons (Fsp3) is 0.278. The van der Waals surface area contributed by atoms with Gasteiger partial charge < -0.3 is 4.90 Å². The summed E-state index contributed by atoms with van der Waals surface area (Å²) < 4.78 is 0. The van der Waals surface area contributed by atoms with Gasteiger partial charge in [-0.1, -0.05) is 29.8 Å². The zero-order chi connectivity index (χ0) is 16.4. The second-order valence-electron chi connectivity index (χ2n) is 5.85. The maximum absolute atomic E-state index is 12.9. The minimum Gasteiger partial charge on any atom is -0.371 e. The van der Waals surface area contributed by atoms with Crippen molar-refractivity contribution in [2.45, 2.75) is 19.8 Å². The molecule has 2 aromatic rings. The van der Waals surface area contributed by atoms with Gasteiger partial charge in [-0.05, 0) is 25.8 Å². The largest absolute Gasteiger partial charge is 0.371 e. The van der Waals surface area contributed by atoms with E-state index in [-0.39, 0.29) is 11.5 Å². The van der Waals surface area contributed by atoms with Gasteiger partial charge in [0.25, 0.3) is 5.69 Å². The number of nitrogens with zero attached hydrogens (tertiary/aromatic N) is 2. The number of aryl methyl sites for hydroxylation is 1. The molecule has 23 heavy (non-hydrogen) atoms. The summed E-state index contributed by atoms with van der Waals surface area (Å²) in [4.78, 5) is 25.6. The second-order valence-corrected chi connectivity index (χ2v) is 5.85. The van der Waals surface area contributed by atoms with Gasteiger partial charge in [-0.2, -0.15) is 0 Å². The molecule has 0 radical (unpaired) electrons. The third kappa shape index (κ3) is 3.08. The van der Waals surface area contributed by atoms with E-state index in [1.165, 1.54) is 12.1 Å². The number of non-ortho nitro benzene ring substituents is 1. The van der Waals surface area contributed by atoms with Crippen molar-refractivity contribution in [3.05, 3.63) is 69.3 Å². The monoisotopic (exact) mass is 310 g/mol. The summed E-state index contributed by atoms with van der Waals surface area (Å²) in [7, 11) is 0. The molecular weight excluding hydrogens is 292 g/mol. The van der Waals surface area contributed by atoms with Crippen LogP contribution in [0.1, 0.15) is 34.3 Å². The van der Waals surface area contributed by atoms with Crippen LogP contribution in [0.5, 0.6) is 0 Å². The van der Waals surface area contributed by atoms with Crippen LogP contribution in [-0.2, 0) is 0 Å². The smallest absolute Gasteiger partial charge is 0.270 e. The van der Waals surface area contributed by atoms with E-state index in [0.717, 1.165) is 37.2 Å². The van der Waals surface area contributed by atoms with Crippen molar-refractivity contribution in [2.24, 2.45) is 0 Å². The third-order valence-corrected chi connectivity index (χ3v) is 4.20. The zero-order valence-corrected chi connectivity index (χ0v) is 13.0. The Morgan fingerprint density at radius 2 is 1.74 bits per heavy atom. The van der Waals surface area contributed by atoms with Gasteiger partial charge in [0.2, 0.25) is 0 Å². The summed E-state index contributed by atoms with van der Waals surface area (Å²) in [5.41, 5.74) is 2.77. The van der Waals surface area contributed by atoms with E-state index in [4.69, 9.17) is 0 Å². The fourth-order valence-electron chi connectivity index (χ4n) is 2.91. The summed E-state index contributed by atoms with van der Waals surface area (Å²) in [6.45, 7) is 3.72. The van der Waals surface area contributed by atoms with E-state index >= 15 is 0 Å². The summed E-state index contributed by atoms with van der Waals surface area (Å²) in [5.74, 6) is -0.171. The van der Waals surface area contributed by atoms with Crippen LogP contribution in [0.3, 0.4) is 0 Å². The quantitative estimate of drug-likeness (QED) is 0.490. The molecule has 5 nitrogen and oxygen atoms in total. The molecule has 1 aliphatic heterocycles. The summed E-state index contributed by atoms with van der Waals surface area (Å²) in [6, 6.07) is 11.9. The number of hydrogen-bond acceptors (Lipinski definition) is 4. The highest BCUT2D eigenvalue weighted by atomic mass is 16.6. The number of anilines is 1. The van der Waals surface area contributed by atoms with Crippen molar-refractivity contribution >= 4 is 17.2 Å². The minimum atomic E-state index is -0.459. The highest BCUT2D eigenvalue weighted by Gasteiger charge is 2.23. The van der Waals surface area contributed by atoms with Crippen LogP contribution >= 0.6 is 0 Å². The molecule has 5 heteroatoms. The molecule has 2 aromatic carbocycles. The maximum atomic E-state index is 12.9. The SMILES string of the molecule is Cc1ccc(C(=O)c2cc([N+](=O)[O-])ccc2N2CCCC2)cc1. The first-order valence-electron chi connectivity index (χ1n) is 7.71. The molecular formula is C18H18N2O3. The number of ketones is 1. The number of benzene rings is 2. The number of carbonyl (C=O) groups is 1. The molecule has 0 aliphatic carbocycles. The van der Waals surface area contributed by atoms with E-state index in [9.17, 15) is 14.9 Å².